The fourth-order valence-corrected chi connectivity index (χ4v) is 1.29. The molecule has 0 spiro atoms. The lowest BCUT2D eigenvalue weighted by atomic mass is 10.1. The van der Waals surface area contributed by atoms with Crippen molar-refractivity contribution < 1.29 is 18.4 Å². The third-order valence-corrected chi connectivity index (χ3v) is 2.07. The summed E-state index contributed by atoms with van der Waals surface area (Å²) in [6, 6.07) is 4.15. The van der Waals surface area contributed by atoms with Gasteiger partial charge in [-0.15, -0.1) is 0 Å². The summed E-state index contributed by atoms with van der Waals surface area (Å²) in [5, 5.41) is 0. The topological polar surface area (TPSA) is 53.7 Å². The molecule has 1 aliphatic heterocycles. The quantitative estimate of drug-likeness (QED) is 0.597. The Hall–Kier alpha value is -1.11. The Morgan fingerprint density at radius 1 is 1.40 bits per heavy atom. The Bertz CT molecular complexity index is 344. The molecule has 0 saturated carbocycles. The van der Waals surface area contributed by atoms with Gasteiger partial charge in [-0.25, -0.2) is 4.39 Å². The molecule has 0 bridgehead atoms. The zero-order valence-electron chi connectivity index (χ0n) is 8.11. The second kappa shape index (κ2) is 4.61. The van der Waals surface area contributed by atoms with Crippen molar-refractivity contribution in [2.45, 2.75) is 6.61 Å². The van der Waals surface area contributed by atoms with Crippen LogP contribution < -0.4 is 5.73 Å². The fourth-order valence-electron chi connectivity index (χ4n) is 1.29. The number of nitrogens with two attached hydrogens (primary N) is 1. The van der Waals surface area contributed by atoms with Gasteiger partial charge in [-0.2, -0.15) is 0 Å². The molecule has 1 saturated heterocycles. The molecule has 0 radical (unpaired) electrons. The number of rotatable bonds is 3. The van der Waals surface area contributed by atoms with Crippen molar-refractivity contribution >= 4 is 13.0 Å². The van der Waals surface area contributed by atoms with E-state index in [2.05, 4.69) is 0 Å². The van der Waals surface area contributed by atoms with Crippen LogP contribution in [0.4, 0.5) is 10.1 Å². The molecule has 6 heteroatoms. The van der Waals surface area contributed by atoms with Crippen molar-refractivity contribution in [1.29, 1.82) is 0 Å². The molecule has 4 nitrogen and oxygen atoms in total. The summed E-state index contributed by atoms with van der Waals surface area (Å²) >= 11 is 0. The predicted octanol–water partition coefficient (Wildman–Crippen LogP) is 0.956. The first-order valence-corrected chi connectivity index (χ1v) is 4.64. The number of hydrogen-bond donors (Lipinski definition) is 1. The average molecular weight is 211 g/mol. The smallest absolute Gasteiger partial charge is 0.398 e. The maximum absolute atomic E-state index is 12.9. The molecule has 1 aliphatic rings. The van der Waals surface area contributed by atoms with Gasteiger partial charge in [0.1, 0.15) is 5.82 Å². The summed E-state index contributed by atoms with van der Waals surface area (Å²) in [7, 11) is -0.660. The summed E-state index contributed by atoms with van der Waals surface area (Å²) in [6.07, 6.45) is 0. The molecule has 1 heterocycles. The third kappa shape index (κ3) is 2.68. The van der Waals surface area contributed by atoms with E-state index in [0.717, 1.165) is 0 Å². The van der Waals surface area contributed by atoms with Gasteiger partial charge in [0.15, 0.2) is 0 Å². The molecule has 2 rings (SSSR count). The molecule has 2 N–H and O–H groups in total. The van der Waals surface area contributed by atoms with Crippen LogP contribution in [0.1, 0.15) is 5.56 Å². The van der Waals surface area contributed by atoms with Crippen LogP contribution in [0.25, 0.3) is 0 Å². The van der Waals surface area contributed by atoms with E-state index in [0.29, 0.717) is 24.5 Å². The summed E-state index contributed by atoms with van der Waals surface area (Å²) in [6.45, 7) is 1.21. The normalized spacial score (nSPS) is 15.9. The van der Waals surface area contributed by atoms with Crippen LogP contribution in [0.15, 0.2) is 18.2 Å². The molecule has 15 heavy (non-hydrogen) atoms. The minimum atomic E-state index is -0.660. The molecular weight excluding hydrogens is 200 g/mol. The van der Waals surface area contributed by atoms with Gasteiger partial charge >= 0.3 is 7.32 Å². The Labute approximate surface area is 87.3 Å². The maximum atomic E-state index is 12.9. The summed E-state index contributed by atoms with van der Waals surface area (Å²) in [5.74, 6) is -0.337. The highest BCUT2D eigenvalue weighted by molar-refractivity contribution is 6.36. The van der Waals surface area contributed by atoms with E-state index >= 15 is 0 Å². The summed E-state index contributed by atoms with van der Waals surface area (Å²) in [5.41, 5.74) is 6.73. The molecule has 80 valence electrons. The van der Waals surface area contributed by atoms with Crippen LogP contribution in [-0.4, -0.2) is 20.5 Å². The molecule has 0 unspecified atom stereocenters. The van der Waals surface area contributed by atoms with Crippen molar-refractivity contribution in [3.8, 4) is 0 Å². The second-order valence-corrected chi connectivity index (χ2v) is 3.18. The molecule has 0 atom stereocenters. The molecule has 1 fully saturated rings. The lowest BCUT2D eigenvalue weighted by Crippen LogP contribution is -2.19. The minimum Gasteiger partial charge on any atom is -0.398 e. The molecule has 1 aromatic carbocycles. The van der Waals surface area contributed by atoms with Gasteiger partial charge in [0.2, 0.25) is 0 Å². The Balaban J connectivity index is 1.94. The molecule has 0 aliphatic carbocycles. The van der Waals surface area contributed by atoms with Gasteiger partial charge in [-0.05, 0) is 18.2 Å². The first kappa shape index (κ1) is 10.4. The van der Waals surface area contributed by atoms with E-state index in [1.807, 2.05) is 0 Å². The van der Waals surface area contributed by atoms with Crippen molar-refractivity contribution in [3.63, 3.8) is 0 Å². The van der Waals surface area contributed by atoms with Crippen LogP contribution in [0, 0.1) is 5.82 Å². The first-order valence-electron chi connectivity index (χ1n) is 4.64. The van der Waals surface area contributed by atoms with E-state index in [4.69, 9.17) is 19.7 Å². The highest BCUT2D eigenvalue weighted by atomic mass is 19.1. The lowest BCUT2D eigenvalue weighted by Gasteiger charge is -2.08. The number of nitrogen functional groups attached to an aromatic ring is 1. The first-order chi connectivity index (χ1) is 7.25. The van der Waals surface area contributed by atoms with Crippen molar-refractivity contribution in [3.05, 3.63) is 29.6 Å². The van der Waals surface area contributed by atoms with E-state index < -0.39 is 7.32 Å². The van der Waals surface area contributed by atoms with Gasteiger partial charge < -0.3 is 19.7 Å². The van der Waals surface area contributed by atoms with E-state index in [1.54, 1.807) is 0 Å². The van der Waals surface area contributed by atoms with Gasteiger partial charge in [0, 0.05) is 11.3 Å². The van der Waals surface area contributed by atoms with Crippen molar-refractivity contribution in [1.82, 2.24) is 0 Å². The van der Waals surface area contributed by atoms with Crippen LogP contribution in [0.2, 0.25) is 0 Å². The second-order valence-electron chi connectivity index (χ2n) is 3.18. The zero-order chi connectivity index (χ0) is 10.7. The lowest BCUT2D eigenvalue weighted by molar-refractivity contribution is 0.170. The molecule has 0 amide bonds. The Morgan fingerprint density at radius 3 is 2.87 bits per heavy atom. The number of anilines is 1. The van der Waals surface area contributed by atoms with E-state index in [9.17, 15) is 4.39 Å². The van der Waals surface area contributed by atoms with E-state index in [-0.39, 0.29) is 12.4 Å². The van der Waals surface area contributed by atoms with Gasteiger partial charge in [0.05, 0.1) is 19.8 Å². The number of halogens is 1. The predicted molar refractivity (Wildman–Crippen MR) is 53.3 cm³/mol. The highest BCUT2D eigenvalue weighted by Crippen LogP contribution is 2.15. The van der Waals surface area contributed by atoms with Crippen LogP contribution in [-0.2, 0) is 20.6 Å². The fraction of sp³-hybridized carbons (Fsp3) is 0.333. The largest absolute Gasteiger partial charge is 0.639 e. The molecule has 1 aromatic rings. The maximum Gasteiger partial charge on any atom is 0.639 e. The number of hydrogen-bond acceptors (Lipinski definition) is 4. The summed E-state index contributed by atoms with van der Waals surface area (Å²) < 4.78 is 28.2. The van der Waals surface area contributed by atoms with Gasteiger partial charge in [-0.3, -0.25) is 0 Å². The zero-order valence-corrected chi connectivity index (χ0v) is 8.11. The minimum absolute atomic E-state index is 0.175. The number of benzene rings is 1. The van der Waals surface area contributed by atoms with Crippen LogP contribution in [0.3, 0.4) is 0 Å². The van der Waals surface area contributed by atoms with Crippen LogP contribution in [0.5, 0.6) is 0 Å². The molecular formula is C9H11BFNO3. The standard InChI is InChI=1S/C9H11BFNO3/c11-8-1-2-9(12)7(5-8)6-15-10-13-3-4-14-10/h1-2,5H,3-4,6,12H2. The van der Waals surface area contributed by atoms with Gasteiger partial charge in [-0.1, -0.05) is 0 Å². The van der Waals surface area contributed by atoms with Gasteiger partial charge in [0.25, 0.3) is 0 Å². The van der Waals surface area contributed by atoms with Crippen molar-refractivity contribution in [2.24, 2.45) is 0 Å². The van der Waals surface area contributed by atoms with Crippen LogP contribution >= 0.6 is 0 Å². The van der Waals surface area contributed by atoms with Crippen molar-refractivity contribution in [2.75, 3.05) is 18.9 Å². The van der Waals surface area contributed by atoms with E-state index in [1.165, 1.54) is 18.2 Å². The highest BCUT2D eigenvalue weighted by Gasteiger charge is 2.26. The monoisotopic (exact) mass is 211 g/mol. The Morgan fingerprint density at radius 2 is 2.13 bits per heavy atom. The Kier molecular flexibility index (Phi) is 3.20. The SMILES string of the molecule is Nc1ccc(F)cc1COB1OCCO1. The third-order valence-electron chi connectivity index (χ3n) is 2.07. The average Bonchev–Trinajstić information content (AvgIpc) is 2.72. The summed E-state index contributed by atoms with van der Waals surface area (Å²) in [4.78, 5) is 0. The molecule has 0 aromatic heterocycles.